The Hall–Kier alpha value is -3.70. The number of carbonyl (C=O) groups is 1. The normalized spacial score (nSPS) is 18.4. The Kier molecular flexibility index (Phi) is 8.36. The van der Waals surface area contributed by atoms with Crippen LogP contribution in [0.25, 0.3) is 11.3 Å². The second-order valence-electron chi connectivity index (χ2n) is 10.1. The zero-order valence-electron chi connectivity index (χ0n) is 22.4. The molecule has 0 radical (unpaired) electrons. The van der Waals surface area contributed by atoms with Gasteiger partial charge in [-0.2, -0.15) is 13.2 Å². The van der Waals surface area contributed by atoms with Crippen molar-refractivity contribution in [3.63, 3.8) is 0 Å². The lowest BCUT2D eigenvalue weighted by atomic mass is 9.78. The molecule has 1 unspecified atom stereocenters. The predicted octanol–water partition coefficient (Wildman–Crippen LogP) is 4.73. The van der Waals surface area contributed by atoms with Crippen LogP contribution in [0.15, 0.2) is 54.6 Å². The van der Waals surface area contributed by atoms with Gasteiger partial charge in [-0.1, -0.05) is 0 Å². The van der Waals surface area contributed by atoms with Crippen molar-refractivity contribution in [1.29, 1.82) is 0 Å². The van der Waals surface area contributed by atoms with E-state index in [1.165, 1.54) is 55.6 Å². The molecule has 2 atom stereocenters. The van der Waals surface area contributed by atoms with E-state index in [4.69, 9.17) is 14.6 Å². The number of hydrogen-bond acceptors (Lipinski definition) is 6. The van der Waals surface area contributed by atoms with Gasteiger partial charge in [-0.05, 0) is 87.0 Å². The van der Waals surface area contributed by atoms with E-state index >= 15 is 0 Å². The number of hydrogen-bond donors (Lipinski definition) is 3. The van der Waals surface area contributed by atoms with Crippen LogP contribution in [0.3, 0.4) is 0 Å². The van der Waals surface area contributed by atoms with Crippen molar-refractivity contribution in [3.8, 4) is 22.8 Å². The zero-order valence-corrected chi connectivity index (χ0v) is 22.4. The first kappa shape index (κ1) is 29.3. The molecule has 1 aliphatic heterocycles. The largest absolute Gasteiger partial charge is 0.493 e. The van der Waals surface area contributed by atoms with Crippen LogP contribution in [0.4, 0.5) is 17.6 Å². The molecule has 0 spiro atoms. The first-order valence-corrected chi connectivity index (χ1v) is 12.7. The van der Waals surface area contributed by atoms with Crippen LogP contribution in [0.5, 0.6) is 11.5 Å². The number of aliphatic hydroxyl groups is 1. The second kappa shape index (κ2) is 11.4. The highest BCUT2D eigenvalue weighted by atomic mass is 19.4. The van der Waals surface area contributed by atoms with Gasteiger partial charge in [0.1, 0.15) is 17.8 Å². The lowest BCUT2D eigenvalue weighted by Crippen LogP contribution is -2.52. The van der Waals surface area contributed by atoms with Gasteiger partial charge in [0.15, 0.2) is 11.5 Å². The molecule has 3 N–H and O–H groups in total. The summed E-state index contributed by atoms with van der Waals surface area (Å²) in [4.78, 5) is 17.3. The van der Waals surface area contributed by atoms with E-state index in [-0.39, 0.29) is 41.7 Å². The fourth-order valence-electron chi connectivity index (χ4n) is 4.43. The average molecular weight is 562 g/mol. The van der Waals surface area contributed by atoms with E-state index in [1.807, 2.05) is 6.92 Å². The maximum atomic E-state index is 14.7. The third-order valence-electron chi connectivity index (χ3n) is 7.31. The van der Waals surface area contributed by atoms with Crippen molar-refractivity contribution in [2.75, 3.05) is 33.4 Å². The molecule has 1 amide bonds. The van der Waals surface area contributed by atoms with E-state index in [2.05, 4.69) is 15.6 Å². The Morgan fingerprint density at radius 2 is 1.82 bits per heavy atom. The third-order valence-corrected chi connectivity index (χ3v) is 7.31. The molecule has 214 valence electrons. The molecule has 0 aliphatic carbocycles. The number of amides is 1. The summed E-state index contributed by atoms with van der Waals surface area (Å²) >= 11 is 0. The molecule has 4 rings (SSSR count). The molecule has 3 aromatic rings. The Morgan fingerprint density at radius 1 is 1.12 bits per heavy atom. The van der Waals surface area contributed by atoms with Crippen LogP contribution in [0, 0.1) is 5.82 Å². The van der Waals surface area contributed by atoms with Crippen molar-refractivity contribution < 1.29 is 36.9 Å². The predicted molar refractivity (Wildman–Crippen MR) is 141 cm³/mol. The van der Waals surface area contributed by atoms with E-state index in [9.17, 15) is 22.4 Å². The first-order chi connectivity index (χ1) is 18.9. The Balaban J connectivity index is 1.69. The van der Waals surface area contributed by atoms with Gasteiger partial charge in [0.25, 0.3) is 5.91 Å². The number of aromatic nitrogens is 1. The Morgan fingerprint density at radius 3 is 2.40 bits per heavy atom. The van der Waals surface area contributed by atoms with Crippen molar-refractivity contribution in [2.45, 2.75) is 37.4 Å². The van der Waals surface area contributed by atoms with E-state index < -0.39 is 35.4 Å². The summed E-state index contributed by atoms with van der Waals surface area (Å²) in [6, 6.07) is 12.7. The fraction of sp³-hybridized carbons (Fsp3) is 0.379. The van der Waals surface area contributed by atoms with Gasteiger partial charge in [0, 0.05) is 23.2 Å². The Bertz CT molecular complexity index is 1360. The number of benzene rings is 2. The molecular formula is C29H31F4N3O4. The van der Waals surface area contributed by atoms with Gasteiger partial charge in [0.2, 0.25) is 0 Å². The highest BCUT2D eigenvalue weighted by Gasteiger charge is 2.54. The molecule has 40 heavy (non-hydrogen) atoms. The van der Waals surface area contributed by atoms with E-state index in [0.29, 0.717) is 11.1 Å². The second-order valence-corrected chi connectivity index (χ2v) is 10.1. The number of nitrogens with zero attached hydrogens (tertiary/aromatic N) is 1. The van der Waals surface area contributed by atoms with Gasteiger partial charge in [0.05, 0.1) is 25.1 Å². The van der Waals surface area contributed by atoms with Crippen molar-refractivity contribution in [3.05, 3.63) is 77.2 Å². The van der Waals surface area contributed by atoms with Crippen molar-refractivity contribution in [2.24, 2.45) is 0 Å². The van der Waals surface area contributed by atoms with Gasteiger partial charge < -0.3 is 25.2 Å². The summed E-state index contributed by atoms with van der Waals surface area (Å²) in [5, 5.41) is 14.6. The highest BCUT2D eigenvalue weighted by molar-refractivity contribution is 5.95. The minimum Gasteiger partial charge on any atom is -0.493 e. The average Bonchev–Trinajstić information content (AvgIpc) is 2.92. The van der Waals surface area contributed by atoms with Crippen LogP contribution in [-0.2, 0) is 11.0 Å². The summed E-state index contributed by atoms with van der Waals surface area (Å²) in [6.07, 6.45) is -4.06. The standard InChI is InChI=1S/C29H31F4N3O4/c1-27(29(31,32)33,17-34-26(38)19-6-9-23(40-13-12-37)24(14-19)39-3)25-16-20(28(2)10-11-35-28)15-22(36-25)18-4-7-21(30)8-5-18/h4-9,14-16,35,37H,10-13,17H2,1-3H3,(H,34,38)/t27?,28-/m0/s1. The van der Waals surface area contributed by atoms with Crippen LogP contribution in [-0.4, -0.2) is 55.6 Å². The molecule has 2 heterocycles. The number of pyridine rings is 1. The monoisotopic (exact) mass is 561 g/mol. The number of aliphatic hydroxyl groups excluding tert-OH is 1. The van der Waals surface area contributed by atoms with Crippen LogP contribution in [0.1, 0.15) is 41.9 Å². The van der Waals surface area contributed by atoms with Crippen LogP contribution < -0.4 is 20.1 Å². The van der Waals surface area contributed by atoms with Gasteiger partial charge in [-0.3, -0.25) is 9.78 Å². The molecule has 2 aromatic carbocycles. The molecule has 1 aromatic heterocycles. The molecule has 1 saturated heterocycles. The topological polar surface area (TPSA) is 92.7 Å². The number of ether oxygens (including phenoxy) is 2. The first-order valence-electron chi connectivity index (χ1n) is 12.7. The lowest BCUT2D eigenvalue weighted by Gasteiger charge is -2.41. The van der Waals surface area contributed by atoms with Gasteiger partial charge in [-0.15, -0.1) is 0 Å². The maximum Gasteiger partial charge on any atom is 0.401 e. The number of rotatable bonds is 10. The van der Waals surface area contributed by atoms with Gasteiger partial charge in [-0.25, -0.2) is 4.39 Å². The van der Waals surface area contributed by atoms with Crippen molar-refractivity contribution >= 4 is 5.91 Å². The minimum atomic E-state index is -4.78. The molecule has 1 fully saturated rings. The summed E-state index contributed by atoms with van der Waals surface area (Å²) < 4.78 is 68.3. The summed E-state index contributed by atoms with van der Waals surface area (Å²) in [5.74, 6) is -0.745. The molecular weight excluding hydrogens is 530 g/mol. The summed E-state index contributed by atoms with van der Waals surface area (Å²) in [7, 11) is 1.36. The van der Waals surface area contributed by atoms with Crippen molar-refractivity contribution in [1.82, 2.24) is 15.6 Å². The van der Waals surface area contributed by atoms with Crippen LogP contribution in [0.2, 0.25) is 0 Å². The Labute approximate surface area is 229 Å². The summed E-state index contributed by atoms with van der Waals surface area (Å²) in [6.45, 7) is 2.61. The van der Waals surface area contributed by atoms with Gasteiger partial charge >= 0.3 is 6.18 Å². The molecule has 7 nitrogen and oxygen atoms in total. The quantitative estimate of drug-likeness (QED) is 0.310. The number of carbonyl (C=O) groups excluding carboxylic acids is 1. The van der Waals surface area contributed by atoms with Crippen LogP contribution >= 0.6 is 0 Å². The number of halogens is 4. The number of alkyl halides is 3. The maximum absolute atomic E-state index is 14.7. The van der Waals surface area contributed by atoms with E-state index in [1.54, 1.807) is 6.07 Å². The number of methoxy groups -OCH3 is 1. The highest BCUT2D eigenvalue weighted by Crippen LogP contribution is 2.43. The lowest BCUT2D eigenvalue weighted by molar-refractivity contribution is -0.184. The molecule has 11 heteroatoms. The summed E-state index contributed by atoms with van der Waals surface area (Å²) in [5.41, 5.74) is -1.94. The molecule has 0 saturated carbocycles. The minimum absolute atomic E-state index is 0.00633. The SMILES string of the molecule is COc1cc(C(=O)NCC(C)(c2cc([C@]3(C)CCN3)cc(-c3ccc(F)cc3)n2)C(F)(F)F)ccc1OCCO. The fourth-order valence-corrected chi connectivity index (χ4v) is 4.43. The van der Waals surface area contributed by atoms with E-state index in [0.717, 1.165) is 19.9 Å². The third kappa shape index (κ3) is 5.90. The molecule has 1 aliphatic rings. The zero-order chi connectivity index (χ0) is 29.1. The number of nitrogens with one attached hydrogen (secondary N) is 2. The molecule has 0 bridgehead atoms. The smallest absolute Gasteiger partial charge is 0.401 e.